The zero-order chi connectivity index (χ0) is 31.5. The lowest BCUT2D eigenvalue weighted by atomic mass is 9.98. The number of alkyl halides is 1. The Bertz CT molecular complexity index is 1440. The molecule has 0 spiro atoms. The molecule has 16 heteroatoms. The number of benzene rings is 1. The van der Waals surface area contributed by atoms with Gasteiger partial charge in [-0.3, -0.25) is 19.1 Å². The molecule has 14 nitrogen and oxygen atoms in total. The molecular formula is C27H34FN3O11P+. The number of ether oxygens (including phenoxy) is 4. The van der Waals surface area contributed by atoms with Crippen LogP contribution >= 0.6 is 8.18 Å². The maximum absolute atomic E-state index is 16.3. The van der Waals surface area contributed by atoms with Crippen molar-refractivity contribution >= 4 is 20.3 Å². The summed E-state index contributed by atoms with van der Waals surface area (Å²) in [5, 5.41) is 0. The third kappa shape index (κ3) is 8.25. The van der Waals surface area contributed by atoms with E-state index in [-0.39, 0.29) is 11.9 Å². The molecule has 0 bridgehead atoms. The van der Waals surface area contributed by atoms with Gasteiger partial charge in [0.05, 0.1) is 0 Å². The van der Waals surface area contributed by atoms with Crippen LogP contribution < -0.4 is 16.1 Å². The molecule has 4 rings (SSSR count). The predicted octanol–water partition coefficient (Wildman–Crippen LogP) is 3.55. The Morgan fingerprint density at radius 1 is 1.19 bits per heavy atom. The summed E-state index contributed by atoms with van der Waals surface area (Å²) in [5.41, 5.74) is -5.24. The van der Waals surface area contributed by atoms with E-state index in [0.717, 1.165) is 41.4 Å². The van der Waals surface area contributed by atoms with E-state index in [4.69, 9.17) is 28.3 Å². The van der Waals surface area contributed by atoms with Gasteiger partial charge in [-0.1, -0.05) is 18.2 Å². The predicted molar refractivity (Wildman–Crippen MR) is 147 cm³/mol. The van der Waals surface area contributed by atoms with Gasteiger partial charge in [0.15, 0.2) is 29.8 Å². The Morgan fingerprint density at radius 2 is 1.86 bits per heavy atom. The van der Waals surface area contributed by atoms with Gasteiger partial charge in [-0.05, 0) is 64.2 Å². The van der Waals surface area contributed by atoms with E-state index >= 15 is 4.39 Å². The van der Waals surface area contributed by atoms with E-state index < -0.39 is 73.9 Å². The number of nitrogens with one attached hydrogen (secondary N) is 1. The fourth-order valence-electron chi connectivity index (χ4n) is 4.10. The second kappa shape index (κ2) is 12.9. The fourth-order valence-corrected chi connectivity index (χ4v) is 5.02. The Labute approximate surface area is 246 Å². The van der Waals surface area contributed by atoms with Gasteiger partial charge in [0.25, 0.3) is 5.56 Å². The maximum Gasteiger partial charge on any atom is 0.653 e. The van der Waals surface area contributed by atoms with Crippen molar-refractivity contribution in [1.82, 2.24) is 14.4 Å². The highest BCUT2D eigenvalue weighted by molar-refractivity contribution is 7.36. The molecule has 1 saturated heterocycles. The first-order valence-electron chi connectivity index (χ1n) is 13.5. The van der Waals surface area contributed by atoms with Gasteiger partial charge in [0.1, 0.15) is 29.2 Å². The molecule has 234 valence electrons. The topological polar surface area (TPSA) is 165 Å². The zero-order valence-corrected chi connectivity index (χ0v) is 25.2. The second-order valence-corrected chi connectivity index (χ2v) is 12.4. The molecule has 1 aromatic heterocycles. The second-order valence-electron chi connectivity index (χ2n) is 11.3. The van der Waals surface area contributed by atoms with Gasteiger partial charge in [-0.2, -0.15) is 0 Å². The summed E-state index contributed by atoms with van der Waals surface area (Å²) in [6.07, 6.45) is -3.83. The first kappa shape index (κ1) is 32.3. The van der Waals surface area contributed by atoms with E-state index in [9.17, 15) is 23.7 Å². The third-order valence-electron chi connectivity index (χ3n) is 6.33. The number of carbonyl (C=O) groups excluding carboxylic acids is 2. The molecular weight excluding hydrogens is 592 g/mol. The number of aromatic amines is 1. The lowest BCUT2D eigenvalue weighted by Gasteiger charge is -2.28. The van der Waals surface area contributed by atoms with Gasteiger partial charge < -0.3 is 23.8 Å². The number of hydroxylamine groups is 1. The molecule has 2 unspecified atom stereocenters. The number of hydrogen-bond donors (Lipinski definition) is 1. The van der Waals surface area contributed by atoms with Crippen molar-refractivity contribution in [2.45, 2.75) is 89.3 Å². The lowest BCUT2D eigenvalue weighted by Crippen LogP contribution is -2.46. The molecule has 1 N–H and O–H groups in total. The van der Waals surface area contributed by atoms with Crippen LogP contribution in [0.3, 0.4) is 0 Å². The molecule has 2 aliphatic rings. The van der Waals surface area contributed by atoms with Crippen LogP contribution in [0.2, 0.25) is 0 Å². The van der Waals surface area contributed by atoms with Gasteiger partial charge in [0.2, 0.25) is 0 Å². The van der Waals surface area contributed by atoms with Gasteiger partial charge >= 0.3 is 26.0 Å². The summed E-state index contributed by atoms with van der Waals surface area (Å²) in [5.74, 6) is -0.444. The largest absolute Gasteiger partial charge is 0.653 e. The van der Waals surface area contributed by atoms with Crippen molar-refractivity contribution in [3.8, 4) is 5.75 Å². The van der Waals surface area contributed by atoms with Gasteiger partial charge in [-0.15, -0.1) is 4.52 Å². The molecule has 2 heterocycles. The normalized spacial score (nSPS) is 24.7. The number of esters is 1. The monoisotopic (exact) mass is 626 g/mol. The summed E-state index contributed by atoms with van der Waals surface area (Å²) >= 11 is 0. The molecule has 6 atom stereocenters. The summed E-state index contributed by atoms with van der Waals surface area (Å²) in [6.45, 7) is 6.55. The fraction of sp³-hybridized carbons (Fsp3) is 0.556. The minimum Gasteiger partial charge on any atom is -0.461 e. The summed E-state index contributed by atoms with van der Waals surface area (Å²) in [7, 11) is -2.96. The average Bonchev–Trinajstić information content (AvgIpc) is 3.70. The van der Waals surface area contributed by atoms with Crippen molar-refractivity contribution in [2.75, 3.05) is 6.61 Å². The summed E-state index contributed by atoms with van der Waals surface area (Å²) in [6, 6.07) is 8.02. The minimum atomic E-state index is -2.96. The molecule has 1 aliphatic heterocycles. The number of para-hydroxylation sites is 1. The molecule has 0 amide bonds. The van der Waals surface area contributed by atoms with E-state index in [0.29, 0.717) is 0 Å². The van der Waals surface area contributed by atoms with Crippen LogP contribution in [0.15, 0.2) is 52.2 Å². The quantitative estimate of drug-likeness (QED) is 0.219. The molecule has 1 aliphatic carbocycles. The van der Waals surface area contributed by atoms with Crippen LogP contribution in [-0.2, 0) is 32.8 Å². The van der Waals surface area contributed by atoms with Crippen LogP contribution in [0.5, 0.6) is 5.75 Å². The number of carbonyl (C=O) groups is 2. The number of nitrogens with zero attached hydrogens (tertiary/aromatic N) is 2. The molecule has 0 radical (unpaired) electrons. The van der Waals surface area contributed by atoms with Crippen LogP contribution in [0.4, 0.5) is 9.18 Å². The summed E-state index contributed by atoms with van der Waals surface area (Å²) in [4.78, 5) is 57.8. The molecule has 1 saturated carbocycles. The zero-order valence-electron chi connectivity index (χ0n) is 24.3. The molecule has 43 heavy (non-hydrogen) atoms. The highest BCUT2D eigenvalue weighted by Gasteiger charge is 2.59. The molecule has 1 aromatic carbocycles. The van der Waals surface area contributed by atoms with Crippen molar-refractivity contribution in [3.63, 3.8) is 0 Å². The van der Waals surface area contributed by atoms with E-state index in [1.54, 1.807) is 51.1 Å². The SMILES string of the molecule is CC(C(=O)OC1CC1)N(Oc1ccccc1)[P+](=O)OC[C@H]1O[C@@H](n2ccc(=O)[nH]c2=O)[C@](C)(F)[C@@H]1OC(=O)OC(C)(C)C. The first-order chi connectivity index (χ1) is 20.2. The van der Waals surface area contributed by atoms with E-state index in [1.165, 1.54) is 6.92 Å². The van der Waals surface area contributed by atoms with E-state index in [2.05, 4.69) is 0 Å². The number of aromatic nitrogens is 2. The van der Waals surface area contributed by atoms with Crippen LogP contribution in [-0.4, -0.2) is 68.7 Å². The van der Waals surface area contributed by atoms with Crippen molar-refractivity contribution < 1.29 is 46.9 Å². The van der Waals surface area contributed by atoms with Crippen molar-refractivity contribution in [1.29, 1.82) is 0 Å². The van der Waals surface area contributed by atoms with Crippen LogP contribution in [0.1, 0.15) is 53.7 Å². The van der Waals surface area contributed by atoms with Crippen molar-refractivity contribution in [2.24, 2.45) is 0 Å². The van der Waals surface area contributed by atoms with Crippen molar-refractivity contribution in [3.05, 3.63) is 63.4 Å². The lowest BCUT2D eigenvalue weighted by molar-refractivity contribution is -0.156. The Kier molecular flexibility index (Phi) is 9.70. The Morgan fingerprint density at radius 3 is 2.47 bits per heavy atom. The van der Waals surface area contributed by atoms with E-state index in [1.807, 2.05) is 4.98 Å². The Balaban J connectivity index is 1.56. The minimum absolute atomic E-state index is 0.222. The molecule has 2 aromatic rings. The third-order valence-corrected chi connectivity index (χ3v) is 7.45. The average molecular weight is 627 g/mol. The van der Waals surface area contributed by atoms with Gasteiger partial charge in [0, 0.05) is 12.3 Å². The summed E-state index contributed by atoms with van der Waals surface area (Å²) < 4.78 is 57.7. The smallest absolute Gasteiger partial charge is 0.461 e. The number of hydrogen-bond acceptors (Lipinski definition) is 11. The number of rotatable bonds is 11. The number of H-pyrrole nitrogens is 1. The van der Waals surface area contributed by atoms with Gasteiger partial charge in [-0.25, -0.2) is 14.0 Å². The number of halogens is 1. The highest BCUT2D eigenvalue weighted by Crippen LogP contribution is 2.44. The molecule has 2 fully saturated rings. The Hall–Kier alpha value is -3.65. The first-order valence-corrected chi connectivity index (χ1v) is 14.7. The maximum atomic E-state index is 16.3. The highest BCUT2D eigenvalue weighted by atomic mass is 31.1. The van der Waals surface area contributed by atoms with Crippen LogP contribution in [0.25, 0.3) is 0 Å². The standard InChI is InChI=1S/C27H33FN3O11P/c1-16(22(33)38-17-11-12-17)31(42-18-9-7-6-8-10-18)43(36)37-15-19-21(40-25(35)41-26(2,3)4)27(5,28)23(39-19)30-14-13-20(32)29-24(30)34/h6-10,13-14,16-17,19,21,23H,11-12,15H2,1-5H3/p+1/t16?,19-,21-,23-,27-/m1/s1. The van der Waals surface area contributed by atoms with Crippen LogP contribution in [0, 0.1) is 0 Å².